The van der Waals surface area contributed by atoms with Gasteiger partial charge in [0.2, 0.25) is 0 Å². The maximum absolute atomic E-state index is 12.3. The highest BCUT2D eigenvalue weighted by Gasteiger charge is 2.14. The number of nitrogens with zero attached hydrogens (tertiary/aromatic N) is 1. The van der Waals surface area contributed by atoms with Crippen LogP contribution in [0.5, 0.6) is 0 Å². The summed E-state index contributed by atoms with van der Waals surface area (Å²) >= 11 is 0. The minimum absolute atomic E-state index is 0.0360. The molecule has 7 nitrogen and oxygen atoms in total. The predicted molar refractivity (Wildman–Crippen MR) is 94.9 cm³/mol. The van der Waals surface area contributed by atoms with Crippen LogP contribution in [0.4, 0.5) is 11.4 Å². The van der Waals surface area contributed by atoms with Crippen LogP contribution in [0.15, 0.2) is 42.5 Å². The smallest absolute Gasteiger partial charge is 0.272 e. The average Bonchev–Trinajstić information content (AvgIpc) is 2.59. The summed E-state index contributed by atoms with van der Waals surface area (Å²) < 4.78 is 0. The molecule has 2 N–H and O–H groups in total. The third-order valence-electron chi connectivity index (χ3n) is 3.57. The number of amides is 2. The third kappa shape index (κ3) is 4.63. The summed E-state index contributed by atoms with van der Waals surface area (Å²) in [6.45, 7) is 4.12. The second-order valence-corrected chi connectivity index (χ2v) is 5.55. The maximum atomic E-state index is 12.3. The van der Waals surface area contributed by atoms with Gasteiger partial charge in [-0.25, -0.2) is 0 Å². The van der Waals surface area contributed by atoms with E-state index in [0.29, 0.717) is 28.9 Å². The minimum atomic E-state index is -0.491. The van der Waals surface area contributed by atoms with Gasteiger partial charge in [0.05, 0.1) is 4.92 Å². The van der Waals surface area contributed by atoms with Crippen molar-refractivity contribution in [2.24, 2.45) is 0 Å². The van der Waals surface area contributed by atoms with E-state index in [9.17, 15) is 19.7 Å². The van der Waals surface area contributed by atoms with Crippen molar-refractivity contribution in [1.82, 2.24) is 5.32 Å². The molecule has 2 aromatic carbocycles. The number of hydrogen-bond acceptors (Lipinski definition) is 4. The molecule has 2 aromatic rings. The average molecular weight is 341 g/mol. The van der Waals surface area contributed by atoms with Gasteiger partial charge >= 0.3 is 0 Å². The number of benzene rings is 2. The number of aryl methyl sites for hydroxylation is 1. The lowest BCUT2D eigenvalue weighted by Gasteiger charge is -2.08. The first-order valence-electron chi connectivity index (χ1n) is 7.87. The molecule has 0 bridgehead atoms. The quantitative estimate of drug-likeness (QED) is 0.622. The van der Waals surface area contributed by atoms with Crippen LogP contribution in [0.25, 0.3) is 0 Å². The van der Waals surface area contributed by atoms with E-state index in [2.05, 4.69) is 10.6 Å². The molecule has 0 atom stereocenters. The number of anilines is 1. The molecule has 0 unspecified atom stereocenters. The Balaban J connectivity index is 2.14. The fraction of sp³-hybridized carbons (Fsp3) is 0.222. The molecule has 0 aliphatic heterocycles. The SMILES string of the molecule is CCCNC(=O)c1cccc(NC(=O)c2ccc([N+](=O)[O-])c(C)c2)c1. The van der Waals surface area contributed by atoms with Crippen LogP contribution in [0.3, 0.4) is 0 Å². The Morgan fingerprint density at radius 1 is 1.08 bits per heavy atom. The van der Waals surface area contributed by atoms with Crippen LogP contribution in [0.1, 0.15) is 39.6 Å². The molecule has 0 aliphatic rings. The second kappa shape index (κ2) is 8.05. The largest absolute Gasteiger partial charge is 0.352 e. The molecule has 130 valence electrons. The van der Waals surface area contributed by atoms with Gasteiger partial charge in [-0.2, -0.15) is 0 Å². The van der Waals surface area contributed by atoms with Crippen molar-refractivity contribution < 1.29 is 14.5 Å². The molecule has 25 heavy (non-hydrogen) atoms. The van der Waals surface area contributed by atoms with Crippen molar-refractivity contribution in [1.29, 1.82) is 0 Å². The van der Waals surface area contributed by atoms with E-state index in [-0.39, 0.29) is 11.6 Å². The summed E-state index contributed by atoms with van der Waals surface area (Å²) in [5.74, 6) is -0.603. The Morgan fingerprint density at radius 2 is 1.80 bits per heavy atom. The van der Waals surface area contributed by atoms with Crippen molar-refractivity contribution in [3.05, 3.63) is 69.3 Å². The van der Waals surface area contributed by atoms with Crippen molar-refractivity contribution in [3.63, 3.8) is 0 Å². The van der Waals surface area contributed by atoms with Gasteiger partial charge in [0, 0.05) is 35.0 Å². The first-order valence-corrected chi connectivity index (χ1v) is 7.87. The van der Waals surface area contributed by atoms with Crippen LogP contribution in [-0.2, 0) is 0 Å². The summed E-state index contributed by atoms with van der Waals surface area (Å²) in [5.41, 5.74) is 1.61. The number of nitrogens with one attached hydrogen (secondary N) is 2. The van der Waals surface area contributed by atoms with E-state index < -0.39 is 10.8 Å². The third-order valence-corrected chi connectivity index (χ3v) is 3.57. The summed E-state index contributed by atoms with van der Waals surface area (Å²) in [5, 5.41) is 16.3. The molecular formula is C18H19N3O4. The minimum Gasteiger partial charge on any atom is -0.352 e. The summed E-state index contributed by atoms with van der Waals surface area (Å²) in [6.07, 6.45) is 0.835. The lowest BCUT2D eigenvalue weighted by molar-refractivity contribution is -0.385. The number of nitro benzene ring substituents is 1. The molecule has 2 rings (SSSR count). The molecular weight excluding hydrogens is 322 g/mol. The van der Waals surface area contributed by atoms with Gasteiger partial charge in [-0.15, -0.1) is 0 Å². The van der Waals surface area contributed by atoms with Gasteiger partial charge in [-0.3, -0.25) is 19.7 Å². The van der Waals surface area contributed by atoms with Gasteiger partial charge in [-0.1, -0.05) is 13.0 Å². The topological polar surface area (TPSA) is 101 Å². The van der Waals surface area contributed by atoms with Gasteiger partial charge in [-0.05, 0) is 43.7 Å². The lowest BCUT2D eigenvalue weighted by Crippen LogP contribution is -2.24. The zero-order valence-corrected chi connectivity index (χ0v) is 14.0. The van der Waals surface area contributed by atoms with E-state index in [1.165, 1.54) is 18.2 Å². The molecule has 0 fully saturated rings. The fourth-order valence-corrected chi connectivity index (χ4v) is 2.28. The number of carbonyl (C=O) groups excluding carboxylic acids is 2. The van der Waals surface area contributed by atoms with Crippen LogP contribution in [0, 0.1) is 17.0 Å². The molecule has 0 saturated carbocycles. The van der Waals surface area contributed by atoms with Crippen molar-refractivity contribution in [2.75, 3.05) is 11.9 Å². The van der Waals surface area contributed by atoms with Crippen LogP contribution in [-0.4, -0.2) is 23.3 Å². The van der Waals surface area contributed by atoms with E-state index in [4.69, 9.17) is 0 Å². The highest BCUT2D eigenvalue weighted by molar-refractivity contribution is 6.05. The van der Waals surface area contributed by atoms with Crippen LogP contribution in [0.2, 0.25) is 0 Å². The zero-order valence-electron chi connectivity index (χ0n) is 14.0. The molecule has 0 saturated heterocycles. The lowest BCUT2D eigenvalue weighted by atomic mass is 10.1. The Kier molecular flexibility index (Phi) is 5.84. The van der Waals surface area contributed by atoms with Crippen molar-refractivity contribution in [3.8, 4) is 0 Å². The Hall–Kier alpha value is -3.22. The standard InChI is InChI=1S/C18H19N3O4/c1-3-9-19-17(22)13-5-4-6-15(11-13)20-18(23)14-7-8-16(21(24)25)12(2)10-14/h4-8,10-11H,3,9H2,1-2H3,(H,19,22)(H,20,23). The molecule has 0 aliphatic carbocycles. The maximum Gasteiger partial charge on any atom is 0.272 e. The first-order chi connectivity index (χ1) is 11.9. The van der Waals surface area contributed by atoms with Crippen LogP contribution < -0.4 is 10.6 Å². The normalized spacial score (nSPS) is 10.2. The predicted octanol–water partition coefficient (Wildman–Crippen LogP) is 3.30. The van der Waals surface area contributed by atoms with Gasteiger partial charge in [0.25, 0.3) is 17.5 Å². The molecule has 0 radical (unpaired) electrons. The van der Waals surface area contributed by atoms with E-state index in [1.807, 2.05) is 6.92 Å². The Labute approximate surface area is 145 Å². The monoisotopic (exact) mass is 341 g/mol. The van der Waals surface area contributed by atoms with E-state index in [0.717, 1.165) is 6.42 Å². The Bertz CT molecular complexity index is 818. The van der Waals surface area contributed by atoms with E-state index >= 15 is 0 Å². The molecule has 0 aromatic heterocycles. The van der Waals surface area contributed by atoms with E-state index in [1.54, 1.807) is 31.2 Å². The van der Waals surface area contributed by atoms with Crippen LogP contribution >= 0.6 is 0 Å². The van der Waals surface area contributed by atoms with Gasteiger partial charge < -0.3 is 10.6 Å². The zero-order chi connectivity index (χ0) is 18.4. The highest BCUT2D eigenvalue weighted by Crippen LogP contribution is 2.20. The summed E-state index contributed by atoms with van der Waals surface area (Å²) in [6, 6.07) is 10.8. The number of hydrogen-bond donors (Lipinski definition) is 2. The van der Waals surface area contributed by atoms with Crippen molar-refractivity contribution >= 4 is 23.2 Å². The Morgan fingerprint density at radius 3 is 2.44 bits per heavy atom. The molecule has 7 heteroatoms. The number of nitro groups is 1. The second-order valence-electron chi connectivity index (χ2n) is 5.55. The molecule has 0 spiro atoms. The van der Waals surface area contributed by atoms with Crippen molar-refractivity contribution in [2.45, 2.75) is 20.3 Å². The molecule has 2 amide bonds. The fourth-order valence-electron chi connectivity index (χ4n) is 2.28. The first kappa shape index (κ1) is 18.1. The molecule has 0 heterocycles. The number of rotatable bonds is 6. The van der Waals surface area contributed by atoms with Gasteiger partial charge in [0.15, 0.2) is 0 Å². The summed E-state index contributed by atoms with van der Waals surface area (Å²) in [7, 11) is 0. The highest BCUT2D eigenvalue weighted by atomic mass is 16.6. The summed E-state index contributed by atoms with van der Waals surface area (Å²) in [4.78, 5) is 34.6. The number of carbonyl (C=O) groups is 2. The van der Waals surface area contributed by atoms with Gasteiger partial charge in [0.1, 0.15) is 0 Å².